The lowest BCUT2D eigenvalue weighted by molar-refractivity contribution is -0.137. The topological polar surface area (TPSA) is 70.0 Å². The number of hydrogen-bond acceptors (Lipinski definition) is 3. The number of carbonyl (C=O) groups excluding carboxylic acids is 1. The molecule has 5 heteroatoms. The smallest absolute Gasteiger partial charge is 0.303 e. The van der Waals surface area contributed by atoms with E-state index in [9.17, 15) is 9.59 Å². The van der Waals surface area contributed by atoms with Gasteiger partial charge in [-0.2, -0.15) is 10.1 Å². The number of aliphatic carboxylic acids is 1. The summed E-state index contributed by atoms with van der Waals surface area (Å²) in [6, 6.07) is 5.81. The van der Waals surface area contributed by atoms with Gasteiger partial charge in [0.25, 0.3) is 5.91 Å². The molecule has 1 heterocycles. The summed E-state index contributed by atoms with van der Waals surface area (Å²) < 4.78 is 0. The number of hydrogen-bond donors (Lipinski definition) is 1. The molecule has 1 aliphatic rings. The predicted octanol–water partition coefficient (Wildman–Crippen LogP) is 2.51. The zero-order chi connectivity index (χ0) is 14.9. The molecule has 20 heavy (non-hydrogen) atoms. The number of rotatable bonds is 4. The Labute approximate surface area is 117 Å². The van der Waals surface area contributed by atoms with E-state index in [4.69, 9.17) is 5.11 Å². The van der Waals surface area contributed by atoms with Crippen molar-refractivity contribution >= 4 is 23.3 Å². The van der Waals surface area contributed by atoms with Crippen LogP contribution >= 0.6 is 0 Å². The summed E-state index contributed by atoms with van der Waals surface area (Å²) in [4.78, 5) is 23.0. The Morgan fingerprint density at radius 3 is 2.65 bits per heavy atom. The Balaban J connectivity index is 2.23. The first-order valence-corrected chi connectivity index (χ1v) is 6.58. The zero-order valence-electron chi connectivity index (χ0n) is 11.9. The number of hydrazone groups is 1. The van der Waals surface area contributed by atoms with Gasteiger partial charge in [0.2, 0.25) is 0 Å². The van der Waals surface area contributed by atoms with Crippen LogP contribution in [0.15, 0.2) is 23.3 Å². The van der Waals surface area contributed by atoms with E-state index < -0.39 is 11.9 Å². The van der Waals surface area contributed by atoms with Crippen molar-refractivity contribution in [1.82, 2.24) is 0 Å². The third kappa shape index (κ3) is 2.71. The molecule has 0 aromatic heterocycles. The van der Waals surface area contributed by atoms with E-state index >= 15 is 0 Å². The van der Waals surface area contributed by atoms with Gasteiger partial charge in [0, 0.05) is 12.1 Å². The minimum absolute atomic E-state index is 0.0238. The third-order valence-corrected chi connectivity index (χ3v) is 3.50. The molecule has 0 bridgehead atoms. The first-order chi connectivity index (χ1) is 9.40. The molecule has 2 rings (SSSR count). The van der Waals surface area contributed by atoms with Crippen LogP contribution in [0.4, 0.5) is 5.69 Å². The summed E-state index contributed by atoms with van der Waals surface area (Å²) in [5.41, 5.74) is 3.55. The van der Waals surface area contributed by atoms with E-state index in [1.807, 2.05) is 32.0 Å². The molecule has 1 amide bonds. The van der Waals surface area contributed by atoms with Crippen LogP contribution in [0.25, 0.3) is 0 Å². The first-order valence-electron chi connectivity index (χ1n) is 6.58. The van der Waals surface area contributed by atoms with E-state index in [2.05, 4.69) is 5.10 Å². The molecule has 0 radical (unpaired) electrons. The largest absolute Gasteiger partial charge is 0.481 e. The first kappa shape index (κ1) is 14.2. The van der Waals surface area contributed by atoms with E-state index in [-0.39, 0.29) is 12.3 Å². The fraction of sp³-hybridized carbons (Fsp3) is 0.400. The van der Waals surface area contributed by atoms with Crippen molar-refractivity contribution in [3.63, 3.8) is 0 Å². The average molecular weight is 274 g/mol. The van der Waals surface area contributed by atoms with Gasteiger partial charge in [0.05, 0.1) is 11.6 Å². The van der Waals surface area contributed by atoms with Crippen molar-refractivity contribution in [1.29, 1.82) is 0 Å². The van der Waals surface area contributed by atoms with Gasteiger partial charge in [0.15, 0.2) is 0 Å². The molecule has 0 saturated heterocycles. The Kier molecular flexibility index (Phi) is 3.88. The maximum absolute atomic E-state index is 12.4. The van der Waals surface area contributed by atoms with E-state index in [1.54, 1.807) is 6.92 Å². The highest BCUT2D eigenvalue weighted by atomic mass is 16.4. The van der Waals surface area contributed by atoms with Crippen molar-refractivity contribution in [2.75, 3.05) is 5.01 Å². The van der Waals surface area contributed by atoms with Gasteiger partial charge in [0.1, 0.15) is 0 Å². The highest BCUT2D eigenvalue weighted by Gasteiger charge is 2.34. The lowest BCUT2D eigenvalue weighted by atomic mass is 9.98. The van der Waals surface area contributed by atoms with Gasteiger partial charge in [-0.15, -0.1) is 0 Å². The molecule has 0 saturated carbocycles. The van der Waals surface area contributed by atoms with Crippen molar-refractivity contribution in [3.05, 3.63) is 29.3 Å². The maximum atomic E-state index is 12.4. The molecule has 1 aliphatic heterocycles. The van der Waals surface area contributed by atoms with Gasteiger partial charge in [-0.05, 0) is 38.8 Å². The van der Waals surface area contributed by atoms with Gasteiger partial charge >= 0.3 is 5.97 Å². The summed E-state index contributed by atoms with van der Waals surface area (Å²) >= 11 is 0. The molecule has 1 N–H and O–H groups in total. The maximum Gasteiger partial charge on any atom is 0.303 e. The van der Waals surface area contributed by atoms with E-state index in [1.165, 1.54) is 5.01 Å². The Bertz CT molecular complexity index is 593. The summed E-state index contributed by atoms with van der Waals surface area (Å²) in [5.74, 6) is -1.46. The molecule has 5 nitrogen and oxygen atoms in total. The molecular formula is C15H18N2O3. The minimum Gasteiger partial charge on any atom is -0.481 e. The fourth-order valence-electron chi connectivity index (χ4n) is 2.42. The highest BCUT2D eigenvalue weighted by molar-refractivity contribution is 6.15. The van der Waals surface area contributed by atoms with Crippen LogP contribution in [0.1, 0.15) is 30.9 Å². The second-order valence-electron chi connectivity index (χ2n) is 5.17. The van der Waals surface area contributed by atoms with E-state index in [0.717, 1.165) is 16.8 Å². The number of nitrogens with zero attached hydrogens (tertiary/aromatic N) is 2. The van der Waals surface area contributed by atoms with Crippen molar-refractivity contribution in [2.24, 2.45) is 11.0 Å². The molecule has 106 valence electrons. The van der Waals surface area contributed by atoms with Crippen LogP contribution < -0.4 is 5.01 Å². The number of benzene rings is 1. The lowest BCUT2D eigenvalue weighted by Crippen LogP contribution is -2.28. The average Bonchev–Trinajstić information content (AvgIpc) is 2.62. The monoisotopic (exact) mass is 274 g/mol. The number of carbonyl (C=O) groups is 2. The van der Waals surface area contributed by atoms with Crippen LogP contribution in [0.5, 0.6) is 0 Å². The van der Waals surface area contributed by atoms with Crippen LogP contribution in [-0.4, -0.2) is 22.7 Å². The fourth-order valence-corrected chi connectivity index (χ4v) is 2.42. The summed E-state index contributed by atoms with van der Waals surface area (Å²) in [7, 11) is 0. The highest BCUT2D eigenvalue weighted by Crippen LogP contribution is 2.29. The summed E-state index contributed by atoms with van der Waals surface area (Å²) in [6.45, 7) is 5.70. The van der Waals surface area contributed by atoms with Crippen molar-refractivity contribution < 1.29 is 14.7 Å². The van der Waals surface area contributed by atoms with Crippen molar-refractivity contribution in [2.45, 2.75) is 33.6 Å². The molecule has 0 aliphatic carbocycles. The van der Waals surface area contributed by atoms with Crippen LogP contribution in [0.2, 0.25) is 0 Å². The summed E-state index contributed by atoms with van der Waals surface area (Å²) in [5, 5.41) is 14.4. The molecule has 1 aromatic carbocycles. The number of aryl methyl sites for hydroxylation is 2. The van der Waals surface area contributed by atoms with Crippen molar-refractivity contribution in [3.8, 4) is 0 Å². The number of carboxylic acid groups (broad SMARTS) is 1. The third-order valence-electron chi connectivity index (χ3n) is 3.50. The second kappa shape index (κ2) is 5.45. The molecule has 1 aromatic rings. The summed E-state index contributed by atoms with van der Waals surface area (Å²) in [6.07, 6.45) is 0.273. The molecule has 0 unspecified atom stereocenters. The van der Waals surface area contributed by atoms with Gasteiger partial charge < -0.3 is 5.11 Å². The minimum atomic E-state index is -0.893. The standard InChI is InChI=1S/C15H18N2O3/c1-9-4-6-13(10(2)8-9)17-15(20)12(11(3)16-17)5-7-14(18)19/h4,6,8,12H,5,7H2,1-3H3,(H,18,19)/t12-/m1/s1. The second-order valence-corrected chi connectivity index (χ2v) is 5.17. The quantitative estimate of drug-likeness (QED) is 0.917. The molecular weight excluding hydrogens is 256 g/mol. The molecule has 1 atom stereocenters. The number of carboxylic acids is 1. The van der Waals surface area contributed by atoms with Gasteiger partial charge in [-0.25, -0.2) is 0 Å². The van der Waals surface area contributed by atoms with Crippen LogP contribution in [0.3, 0.4) is 0 Å². The lowest BCUT2D eigenvalue weighted by Gasteiger charge is -2.16. The molecule has 0 fully saturated rings. The normalized spacial score (nSPS) is 18.4. The Morgan fingerprint density at radius 1 is 1.35 bits per heavy atom. The number of anilines is 1. The van der Waals surface area contributed by atoms with E-state index in [0.29, 0.717) is 12.1 Å². The van der Waals surface area contributed by atoms with Gasteiger partial charge in [-0.1, -0.05) is 17.7 Å². The van der Waals surface area contributed by atoms with Crippen LogP contribution in [0, 0.1) is 19.8 Å². The SMILES string of the molecule is CC1=NN(c2ccc(C)cc2C)C(=O)[C@@H]1CCC(=O)O. The Hall–Kier alpha value is -2.17. The van der Waals surface area contributed by atoms with Crippen LogP contribution in [-0.2, 0) is 9.59 Å². The van der Waals surface area contributed by atoms with Gasteiger partial charge in [-0.3, -0.25) is 9.59 Å². The zero-order valence-corrected chi connectivity index (χ0v) is 11.9. The predicted molar refractivity (Wildman–Crippen MR) is 76.9 cm³/mol. The number of amides is 1. The Morgan fingerprint density at radius 2 is 2.05 bits per heavy atom. The molecule has 0 spiro atoms.